The number of rotatable bonds is 5. The van der Waals surface area contributed by atoms with Gasteiger partial charge in [0.05, 0.1) is 6.10 Å². The first kappa shape index (κ1) is 21.5. The zero-order valence-electron chi connectivity index (χ0n) is 15.2. The van der Waals surface area contributed by atoms with E-state index in [0.29, 0.717) is 35.5 Å². The summed E-state index contributed by atoms with van der Waals surface area (Å²) < 4.78 is 26.8. The number of carbonyl (C=O) groups excluding carboxylic acids is 2. The third-order valence-corrected chi connectivity index (χ3v) is 5.15. The van der Waals surface area contributed by atoms with Gasteiger partial charge in [0.2, 0.25) is 5.91 Å². The van der Waals surface area contributed by atoms with E-state index in [2.05, 4.69) is 5.32 Å². The zero-order valence-corrected chi connectivity index (χ0v) is 16.7. The van der Waals surface area contributed by atoms with Gasteiger partial charge in [0.25, 0.3) is 5.91 Å². The molecule has 2 N–H and O–H groups in total. The van der Waals surface area contributed by atoms with E-state index in [-0.39, 0.29) is 23.6 Å². The topological polar surface area (TPSA) is 69.6 Å². The Morgan fingerprint density at radius 2 is 1.86 bits per heavy atom. The van der Waals surface area contributed by atoms with Gasteiger partial charge >= 0.3 is 0 Å². The summed E-state index contributed by atoms with van der Waals surface area (Å²) in [6.45, 7) is 0.110. The molecule has 0 spiro atoms. The Morgan fingerprint density at radius 1 is 1.17 bits per heavy atom. The van der Waals surface area contributed by atoms with E-state index in [1.807, 2.05) is 0 Å². The van der Waals surface area contributed by atoms with Crippen molar-refractivity contribution in [2.75, 3.05) is 13.1 Å². The molecule has 2 aromatic carbocycles. The molecule has 2 atom stereocenters. The van der Waals surface area contributed by atoms with Crippen LogP contribution in [0.15, 0.2) is 36.4 Å². The van der Waals surface area contributed by atoms with Gasteiger partial charge in [0.15, 0.2) is 0 Å². The number of carbonyl (C=O) groups is 2. The molecule has 5 nitrogen and oxygen atoms in total. The van der Waals surface area contributed by atoms with Crippen LogP contribution in [0.5, 0.6) is 0 Å². The van der Waals surface area contributed by atoms with Crippen LogP contribution >= 0.6 is 23.2 Å². The SMILES string of the molecule is O=C(NCC(O)c1ccc(F)cc1F)C1CCCN1C(=O)c1cc(Cl)cc(Cl)c1. The van der Waals surface area contributed by atoms with Crippen molar-refractivity contribution in [2.24, 2.45) is 0 Å². The van der Waals surface area contributed by atoms with E-state index in [1.54, 1.807) is 0 Å². The Balaban J connectivity index is 1.66. The fourth-order valence-corrected chi connectivity index (χ4v) is 3.85. The van der Waals surface area contributed by atoms with E-state index >= 15 is 0 Å². The molecule has 0 saturated carbocycles. The molecule has 1 aliphatic rings. The van der Waals surface area contributed by atoms with Gasteiger partial charge in [0, 0.05) is 40.3 Å². The van der Waals surface area contributed by atoms with Crippen LogP contribution < -0.4 is 5.32 Å². The molecule has 29 heavy (non-hydrogen) atoms. The molecule has 2 unspecified atom stereocenters. The third kappa shape index (κ3) is 5.04. The summed E-state index contributed by atoms with van der Waals surface area (Å²) in [6, 6.07) is 6.53. The lowest BCUT2D eigenvalue weighted by atomic mass is 10.1. The molecule has 3 rings (SSSR count). The minimum Gasteiger partial charge on any atom is -0.386 e. The van der Waals surface area contributed by atoms with Crippen molar-refractivity contribution >= 4 is 35.0 Å². The van der Waals surface area contributed by atoms with Crippen molar-refractivity contribution in [2.45, 2.75) is 25.0 Å². The van der Waals surface area contributed by atoms with Gasteiger partial charge in [-0.3, -0.25) is 9.59 Å². The summed E-state index contributed by atoms with van der Waals surface area (Å²) in [5, 5.41) is 13.3. The summed E-state index contributed by atoms with van der Waals surface area (Å²) >= 11 is 11.9. The number of nitrogens with zero attached hydrogens (tertiary/aromatic N) is 1. The van der Waals surface area contributed by atoms with Crippen molar-refractivity contribution in [1.29, 1.82) is 0 Å². The van der Waals surface area contributed by atoms with Crippen LogP contribution in [-0.2, 0) is 4.79 Å². The van der Waals surface area contributed by atoms with Crippen LogP contribution in [0.1, 0.15) is 34.9 Å². The van der Waals surface area contributed by atoms with E-state index in [0.717, 1.165) is 12.1 Å². The minimum atomic E-state index is -1.35. The average Bonchev–Trinajstić information content (AvgIpc) is 3.14. The molecular formula is C20H18Cl2F2N2O3. The van der Waals surface area contributed by atoms with Crippen LogP contribution in [0.25, 0.3) is 0 Å². The standard InChI is InChI=1S/C20H18Cl2F2N2O3/c21-12-6-11(7-13(22)8-12)20(29)26-5-1-2-17(26)19(28)25-10-18(27)15-4-3-14(23)9-16(15)24/h3-4,6-9,17-18,27H,1-2,5,10H2,(H,25,28). The lowest BCUT2D eigenvalue weighted by Gasteiger charge is -2.25. The second kappa shape index (κ2) is 9.07. The first-order valence-electron chi connectivity index (χ1n) is 8.94. The first-order chi connectivity index (χ1) is 13.8. The van der Waals surface area contributed by atoms with E-state index in [1.165, 1.54) is 23.1 Å². The summed E-state index contributed by atoms with van der Waals surface area (Å²) in [7, 11) is 0. The summed E-state index contributed by atoms with van der Waals surface area (Å²) in [5.41, 5.74) is 0.148. The summed E-state index contributed by atoms with van der Waals surface area (Å²) in [4.78, 5) is 26.8. The molecule has 154 valence electrons. The second-order valence-corrected chi connectivity index (χ2v) is 7.61. The average molecular weight is 443 g/mol. The molecule has 1 aliphatic heterocycles. The summed E-state index contributed by atoms with van der Waals surface area (Å²) in [5.74, 6) is -2.51. The molecule has 9 heteroatoms. The highest BCUT2D eigenvalue weighted by Crippen LogP contribution is 2.25. The molecule has 0 radical (unpaired) electrons. The first-order valence-corrected chi connectivity index (χ1v) is 9.69. The van der Waals surface area contributed by atoms with Gasteiger partial charge in [0.1, 0.15) is 17.7 Å². The molecular weight excluding hydrogens is 425 g/mol. The predicted molar refractivity (Wildman–Crippen MR) is 105 cm³/mol. The zero-order chi connectivity index (χ0) is 21.1. The summed E-state index contributed by atoms with van der Waals surface area (Å²) in [6.07, 6.45) is -0.267. The lowest BCUT2D eigenvalue weighted by molar-refractivity contribution is -0.125. The smallest absolute Gasteiger partial charge is 0.254 e. The number of halogens is 4. The normalized spacial score (nSPS) is 17.3. The Kier molecular flexibility index (Phi) is 6.72. The van der Waals surface area contributed by atoms with Gasteiger partial charge in [-0.2, -0.15) is 0 Å². The van der Waals surface area contributed by atoms with Gasteiger partial charge in [-0.25, -0.2) is 8.78 Å². The predicted octanol–water partition coefficient (Wildman–Crippen LogP) is 3.73. The van der Waals surface area contributed by atoms with Crippen molar-refractivity contribution < 1.29 is 23.5 Å². The fraction of sp³-hybridized carbons (Fsp3) is 0.300. The van der Waals surface area contributed by atoms with Crippen molar-refractivity contribution in [1.82, 2.24) is 10.2 Å². The Hall–Kier alpha value is -2.22. The number of nitrogens with one attached hydrogen (secondary N) is 1. The number of aliphatic hydroxyl groups excluding tert-OH is 1. The second-order valence-electron chi connectivity index (χ2n) is 6.74. The Morgan fingerprint density at radius 3 is 2.52 bits per heavy atom. The Bertz CT molecular complexity index is 922. The lowest BCUT2D eigenvalue weighted by Crippen LogP contribution is -2.46. The third-order valence-electron chi connectivity index (χ3n) is 4.72. The maximum absolute atomic E-state index is 13.8. The van der Waals surface area contributed by atoms with Crippen LogP contribution in [0.3, 0.4) is 0 Å². The number of hydrogen-bond donors (Lipinski definition) is 2. The quantitative estimate of drug-likeness (QED) is 0.740. The van der Waals surface area contributed by atoms with E-state index in [4.69, 9.17) is 23.2 Å². The number of amides is 2. The maximum atomic E-state index is 13.8. The highest BCUT2D eigenvalue weighted by molar-refractivity contribution is 6.35. The number of aliphatic hydroxyl groups is 1. The van der Waals surface area contributed by atoms with Crippen molar-refractivity contribution in [3.63, 3.8) is 0 Å². The molecule has 2 aromatic rings. The van der Waals surface area contributed by atoms with E-state index < -0.39 is 29.7 Å². The molecule has 1 heterocycles. The molecule has 2 amide bonds. The van der Waals surface area contributed by atoms with Gasteiger partial charge < -0.3 is 15.3 Å². The van der Waals surface area contributed by atoms with Crippen molar-refractivity contribution in [3.05, 3.63) is 69.2 Å². The van der Waals surface area contributed by atoms with Crippen LogP contribution in [0, 0.1) is 11.6 Å². The van der Waals surface area contributed by atoms with Crippen LogP contribution in [0.4, 0.5) is 8.78 Å². The monoisotopic (exact) mass is 442 g/mol. The largest absolute Gasteiger partial charge is 0.386 e. The molecule has 0 aromatic heterocycles. The van der Waals surface area contributed by atoms with Crippen LogP contribution in [0.2, 0.25) is 10.0 Å². The Labute approximate surface area is 176 Å². The molecule has 1 saturated heterocycles. The molecule has 0 bridgehead atoms. The van der Waals surface area contributed by atoms with Crippen molar-refractivity contribution in [3.8, 4) is 0 Å². The molecule has 1 fully saturated rings. The van der Waals surface area contributed by atoms with Gasteiger partial charge in [-0.05, 0) is 37.1 Å². The highest BCUT2D eigenvalue weighted by Gasteiger charge is 2.35. The molecule has 0 aliphatic carbocycles. The highest BCUT2D eigenvalue weighted by atomic mass is 35.5. The minimum absolute atomic E-state index is 0.125. The number of benzene rings is 2. The number of likely N-dealkylation sites (tertiary alicyclic amines) is 1. The fourth-order valence-electron chi connectivity index (χ4n) is 3.32. The van der Waals surface area contributed by atoms with Crippen LogP contribution in [-0.4, -0.2) is 41.0 Å². The van der Waals surface area contributed by atoms with E-state index in [9.17, 15) is 23.5 Å². The van der Waals surface area contributed by atoms with Gasteiger partial charge in [-0.1, -0.05) is 29.3 Å². The maximum Gasteiger partial charge on any atom is 0.254 e. The van der Waals surface area contributed by atoms with Gasteiger partial charge in [-0.15, -0.1) is 0 Å². The number of hydrogen-bond acceptors (Lipinski definition) is 3.